The Hall–Kier alpha value is -3.54. The Morgan fingerprint density at radius 1 is 0.415 bits per heavy atom. The number of likely N-dealkylation sites (N-methyl/N-ethyl adjacent to an activating group) is 4. The van der Waals surface area contributed by atoms with Crippen LogP contribution >= 0.6 is 0 Å². The SMILES string of the molecule is CC(C)CC1CO[C@H](C)CN(C)[C@@H](CC(C)C)CO[C@H](Cc2ccc(Cn3nccc3C3CCCO3)cc2)CN(C)[C@@H](CC(C)C)CO[C@H](C)CN(C)[C@@H](CC(C)C)CO[C@H](Cc2ccc(Cn3nccc3C3CCCO3)cc2)CN1C. The summed E-state index contributed by atoms with van der Waals surface area (Å²) >= 11 is 0. The van der Waals surface area contributed by atoms with Gasteiger partial charge in [-0.25, -0.2) is 0 Å². The van der Waals surface area contributed by atoms with E-state index in [0.29, 0.717) is 50.1 Å². The van der Waals surface area contributed by atoms with Gasteiger partial charge in [-0.3, -0.25) is 29.0 Å². The van der Waals surface area contributed by atoms with Crippen LogP contribution in [-0.2, 0) is 54.4 Å². The van der Waals surface area contributed by atoms with E-state index in [1.807, 2.05) is 12.4 Å². The Balaban J connectivity index is 1.10. The number of benzene rings is 2. The number of rotatable bonds is 18. The highest BCUT2D eigenvalue weighted by Crippen LogP contribution is 2.30. The molecule has 4 aromatic rings. The van der Waals surface area contributed by atoms with E-state index in [4.69, 9.17) is 38.6 Å². The van der Waals surface area contributed by atoms with E-state index in [1.54, 1.807) is 0 Å². The lowest BCUT2D eigenvalue weighted by Gasteiger charge is -2.37. The fourth-order valence-corrected chi connectivity index (χ4v) is 12.8. The summed E-state index contributed by atoms with van der Waals surface area (Å²) in [7, 11) is 9.13. The van der Waals surface area contributed by atoms with Crippen molar-refractivity contribution >= 4 is 0 Å². The molecule has 3 aliphatic rings. The molecular formula is C68H112N8O6. The lowest BCUT2D eigenvalue weighted by atomic mass is 10.0. The van der Waals surface area contributed by atoms with Crippen molar-refractivity contribution in [1.29, 1.82) is 0 Å². The first-order valence-electron chi connectivity index (χ1n) is 32.0. The summed E-state index contributed by atoms with van der Waals surface area (Å²) in [5, 5.41) is 9.40. The fourth-order valence-electron chi connectivity index (χ4n) is 12.8. The summed E-state index contributed by atoms with van der Waals surface area (Å²) in [4.78, 5) is 10.1. The summed E-state index contributed by atoms with van der Waals surface area (Å²) in [6, 6.07) is 23.5. The molecule has 3 aliphatic heterocycles. The first-order valence-corrected chi connectivity index (χ1v) is 32.0. The highest BCUT2D eigenvalue weighted by molar-refractivity contribution is 5.25. The Labute approximate surface area is 497 Å². The van der Waals surface area contributed by atoms with Crippen molar-refractivity contribution in [2.75, 3.05) is 94.0 Å². The summed E-state index contributed by atoms with van der Waals surface area (Å²) in [5.41, 5.74) is 7.38. The molecule has 3 fully saturated rings. The van der Waals surface area contributed by atoms with Gasteiger partial charge in [0.1, 0.15) is 0 Å². The van der Waals surface area contributed by atoms with E-state index < -0.39 is 0 Å². The van der Waals surface area contributed by atoms with E-state index in [0.717, 1.165) is 117 Å². The predicted octanol–water partition coefficient (Wildman–Crippen LogP) is 11.6. The van der Waals surface area contributed by atoms with Crippen molar-refractivity contribution in [2.24, 2.45) is 23.7 Å². The first kappa shape index (κ1) is 66.0. The molecule has 3 saturated heterocycles. The number of ether oxygens (including phenoxy) is 6. The van der Waals surface area contributed by atoms with Gasteiger partial charge in [0.25, 0.3) is 0 Å². The van der Waals surface area contributed by atoms with Crippen molar-refractivity contribution < 1.29 is 28.4 Å². The van der Waals surface area contributed by atoms with Crippen molar-refractivity contribution in [3.8, 4) is 0 Å². The van der Waals surface area contributed by atoms with Crippen molar-refractivity contribution in [2.45, 2.75) is 207 Å². The van der Waals surface area contributed by atoms with Gasteiger partial charge in [-0.2, -0.15) is 10.2 Å². The lowest BCUT2D eigenvalue weighted by molar-refractivity contribution is -0.0536. The van der Waals surface area contributed by atoms with Gasteiger partial charge >= 0.3 is 0 Å². The largest absolute Gasteiger partial charge is 0.376 e. The Bertz CT molecular complexity index is 2180. The molecule has 10 atom stereocenters. The van der Waals surface area contributed by atoms with Crippen molar-refractivity contribution in [1.82, 2.24) is 39.2 Å². The maximum absolute atomic E-state index is 7.24. The molecule has 14 heteroatoms. The summed E-state index contributed by atoms with van der Waals surface area (Å²) in [5.74, 6) is 2.06. The lowest BCUT2D eigenvalue weighted by Crippen LogP contribution is -2.47. The van der Waals surface area contributed by atoms with Gasteiger partial charge in [0, 0.05) is 76.0 Å². The van der Waals surface area contributed by atoms with Gasteiger partial charge in [-0.05, 0) is 164 Å². The van der Waals surface area contributed by atoms with Crippen molar-refractivity contribution in [3.63, 3.8) is 0 Å². The zero-order valence-electron chi connectivity index (χ0n) is 53.6. The van der Waals surface area contributed by atoms with Crippen molar-refractivity contribution in [3.05, 3.63) is 107 Å². The minimum Gasteiger partial charge on any atom is -0.376 e. The molecule has 0 bridgehead atoms. The maximum atomic E-state index is 7.24. The van der Waals surface area contributed by atoms with Crippen LogP contribution in [0.3, 0.4) is 0 Å². The van der Waals surface area contributed by atoms with E-state index in [1.165, 1.54) is 33.6 Å². The van der Waals surface area contributed by atoms with Gasteiger partial charge in [-0.1, -0.05) is 104 Å². The molecule has 2 aromatic carbocycles. The second-order valence-electron chi connectivity index (χ2n) is 27.0. The molecule has 14 nitrogen and oxygen atoms in total. The molecule has 7 rings (SSSR count). The van der Waals surface area contributed by atoms with Gasteiger partial charge in [-0.15, -0.1) is 0 Å². The summed E-state index contributed by atoms with van der Waals surface area (Å²) in [6.07, 6.45) is 14.3. The number of aromatic nitrogens is 4. The third kappa shape index (κ3) is 21.5. The average Bonchev–Trinajstić information content (AvgIpc) is 4.39. The fraction of sp³-hybridized carbons (Fsp3) is 0.735. The summed E-state index contributed by atoms with van der Waals surface area (Å²) < 4.78 is 44.7. The Morgan fingerprint density at radius 2 is 0.732 bits per heavy atom. The number of hydrogen-bond acceptors (Lipinski definition) is 12. The van der Waals surface area contributed by atoms with Gasteiger partial charge in [0.15, 0.2) is 0 Å². The second-order valence-corrected chi connectivity index (χ2v) is 27.0. The minimum atomic E-state index is -0.0148. The van der Waals surface area contributed by atoms with Crippen LogP contribution in [-0.4, -0.2) is 182 Å². The normalized spacial score (nSPS) is 27.8. The maximum Gasteiger partial charge on any atom is 0.0992 e. The van der Waals surface area contributed by atoms with Crippen LogP contribution in [0, 0.1) is 23.7 Å². The molecular weight excluding hydrogens is 1020 g/mol. The Morgan fingerprint density at radius 3 is 1.05 bits per heavy atom. The van der Waals surface area contributed by atoms with Gasteiger partial charge < -0.3 is 28.4 Å². The molecule has 0 N–H and O–H groups in total. The predicted molar refractivity (Wildman–Crippen MR) is 333 cm³/mol. The van der Waals surface area contributed by atoms with Crippen LogP contribution in [0.25, 0.3) is 0 Å². The first-order chi connectivity index (χ1) is 39.3. The molecule has 460 valence electrons. The highest BCUT2D eigenvalue weighted by atomic mass is 16.5. The molecule has 0 aliphatic carbocycles. The zero-order valence-corrected chi connectivity index (χ0v) is 53.6. The molecule has 0 spiro atoms. The van der Waals surface area contributed by atoms with Gasteiger partial charge in [0.05, 0.1) is 87.5 Å². The molecule has 0 radical (unpaired) electrons. The van der Waals surface area contributed by atoms with Crippen LogP contribution in [0.15, 0.2) is 73.1 Å². The molecule has 82 heavy (non-hydrogen) atoms. The summed E-state index contributed by atoms with van der Waals surface area (Å²) in [6.45, 7) is 32.2. The van der Waals surface area contributed by atoms with Crippen LogP contribution < -0.4 is 0 Å². The smallest absolute Gasteiger partial charge is 0.0992 e. The number of hydrogen-bond donors (Lipinski definition) is 0. The van der Waals surface area contributed by atoms with Crippen LogP contribution in [0.5, 0.6) is 0 Å². The van der Waals surface area contributed by atoms with E-state index in [-0.39, 0.29) is 60.8 Å². The average molecular weight is 1140 g/mol. The molecule has 0 saturated carbocycles. The monoisotopic (exact) mass is 1140 g/mol. The van der Waals surface area contributed by atoms with Crippen LogP contribution in [0.1, 0.15) is 166 Å². The standard InChI is InChI=1S/C68H112N8O6/c1-49(2)33-59-45-79-53(9)39-71(11)62(36-52(7)8)48-82-64(38-56-21-25-58(26-22-56)42-76-66(28-30-70-76)68-18-16-32-78-68)44-74(14)60(34-50(3)4)46-80-54(10)40-72(12)61(35-51(5)6)47-81-63(43-73(59)13)37-55-19-23-57(24-20-55)41-75-65(27-29-69-75)67-17-15-31-77-67/h19-30,49-54,59-64,67-68H,15-18,31-48H2,1-14H3/t53-,54-,59+,60?,61+,62+,63-,64-,67?,68?/m1/s1. The molecule has 5 heterocycles. The van der Waals surface area contributed by atoms with E-state index >= 15 is 0 Å². The van der Waals surface area contributed by atoms with E-state index in [9.17, 15) is 0 Å². The van der Waals surface area contributed by atoms with Gasteiger partial charge in [0.2, 0.25) is 0 Å². The second kappa shape index (κ2) is 33.4. The molecule has 2 aromatic heterocycles. The molecule has 3 unspecified atom stereocenters. The quantitative estimate of drug-likeness (QED) is 0.0947. The third-order valence-electron chi connectivity index (χ3n) is 17.4. The van der Waals surface area contributed by atoms with E-state index in [2.05, 4.69) is 187 Å². The number of nitrogens with zero attached hydrogens (tertiary/aromatic N) is 8. The topological polar surface area (TPSA) is 104 Å². The van der Waals surface area contributed by atoms with Crippen LogP contribution in [0.4, 0.5) is 0 Å². The Kier molecular flexibility index (Phi) is 26.9. The molecule has 0 amide bonds. The highest BCUT2D eigenvalue weighted by Gasteiger charge is 2.30. The minimum absolute atomic E-state index is 0.0148. The van der Waals surface area contributed by atoms with Crippen LogP contribution in [0.2, 0.25) is 0 Å². The third-order valence-corrected chi connectivity index (χ3v) is 17.4. The zero-order chi connectivity index (χ0) is 58.7.